The molecule has 270 valence electrons. The Morgan fingerprint density at radius 2 is 1.80 bits per heavy atom. The molecule has 2 N–H and O–H groups in total. The molecule has 13 heteroatoms. The third-order valence-electron chi connectivity index (χ3n) is 10.0. The summed E-state index contributed by atoms with van der Waals surface area (Å²) >= 11 is 6.19. The van der Waals surface area contributed by atoms with E-state index in [9.17, 15) is 18.0 Å². The standard InChI is InChI=1S/C36H50ClFN4O6S/c1-22-15-25(16-23(2)47-22)33(24-8-10-27(37)11-9-24)34(39)32(43)17-26-18-40-19-31(38)30(26)13-12-29-20-41(35(44)48-36(3,4)5)28-7-6-14-49(45,46)42(29)21-28/h8-11,18-19,22-23,25,28-29,33-34H,6-7,12-17,20-21,39H2,1-5H3/t22-,23+,25?,28-,29+,33+,34-/m1/s1. The van der Waals surface area contributed by atoms with Crippen LogP contribution in [0.4, 0.5) is 9.18 Å². The molecule has 0 radical (unpaired) electrons. The van der Waals surface area contributed by atoms with E-state index < -0.39 is 39.6 Å². The number of carbonyl (C=O) groups excluding carboxylic acids is 2. The van der Waals surface area contributed by atoms with Gasteiger partial charge in [0.2, 0.25) is 10.0 Å². The number of ketones is 1. The number of halogens is 2. The average Bonchev–Trinajstić information content (AvgIpc) is 3.13. The summed E-state index contributed by atoms with van der Waals surface area (Å²) in [4.78, 5) is 32.9. The predicted molar refractivity (Wildman–Crippen MR) is 186 cm³/mol. The van der Waals surface area contributed by atoms with Gasteiger partial charge in [-0.3, -0.25) is 9.78 Å². The second-order valence-corrected chi connectivity index (χ2v) is 17.5. The number of fused-ring (bicyclic) bond motifs is 2. The van der Waals surface area contributed by atoms with E-state index in [2.05, 4.69) is 4.98 Å². The molecule has 0 saturated carbocycles. The van der Waals surface area contributed by atoms with Crippen LogP contribution in [-0.4, -0.2) is 89.3 Å². The largest absolute Gasteiger partial charge is 0.444 e. The highest BCUT2D eigenvalue weighted by atomic mass is 35.5. The van der Waals surface area contributed by atoms with Crippen molar-refractivity contribution in [1.29, 1.82) is 0 Å². The number of hydrogen-bond donors (Lipinski definition) is 1. The van der Waals surface area contributed by atoms with E-state index in [4.69, 9.17) is 26.8 Å². The van der Waals surface area contributed by atoms with Gasteiger partial charge in [-0.2, -0.15) is 4.31 Å². The Labute approximate surface area is 294 Å². The number of piperazine rings is 1. The van der Waals surface area contributed by atoms with Crippen LogP contribution in [0.2, 0.25) is 5.02 Å². The van der Waals surface area contributed by atoms with Crippen molar-refractivity contribution in [3.63, 3.8) is 0 Å². The molecule has 3 aliphatic rings. The number of carbonyl (C=O) groups is 2. The first kappa shape index (κ1) is 37.6. The normalized spacial score (nSPS) is 28.3. The van der Waals surface area contributed by atoms with Gasteiger partial charge in [-0.05, 0) is 108 Å². The molecule has 10 nitrogen and oxygen atoms in total. The number of aromatic nitrogens is 1. The number of hydrogen-bond acceptors (Lipinski definition) is 8. The third-order valence-corrected chi connectivity index (χ3v) is 12.2. The minimum absolute atomic E-state index is 0.0110. The number of Topliss-reactive ketones (excluding diaryl/α,β-unsaturated/α-hetero) is 1. The molecule has 49 heavy (non-hydrogen) atoms. The Morgan fingerprint density at radius 3 is 2.45 bits per heavy atom. The summed E-state index contributed by atoms with van der Waals surface area (Å²) < 4.78 is 55.2. The van der Waals surface area contributed by atoms with Crippen molar-refractivity contribution in [1.82, 2.24) is 14.2 Å². The van der Waals surface area contributed by atoms with Gasteiger partial charge in [-0.25, -0.2) is 17.6 Å². The molecular formula is C36H50ClFN4O6S. The summed E-state index contributed by atoms with van der Waals surface area (Å²) in [5.41, 5.74) is 7.72. The smallest absolute Gasteiger partial charge is 0.410 e. The van der Waals surface area contributed by atoms with Crippen LogP contribution < -0.4 is 5.73 Å². The Balaban J connectivity index is 1.37. The lowest BCUT2D eigenvalue weighted by atomic mass is 9.73. The van der Waals surface area contributed by atoms with Crippen molar-refractivity contribution >= 4 is 33.5 Å². The summed E-state index contributed by atoms with van der Waals surface area (Å²) in [7, 11) is -3.58. The second kappa shape index (κ2) is 15.3. The molecule has 2 unspecified atom stereocenters. The lowest BCUT2D eigenvalue weighted by Gasteiger charge is -2.44. The monoisotopic (exact) mass is 720 g/mol. The minimum atomic E-state index is -3.58. The number of nitrogens with two attached hydrogens (primary N) is 1. The first-order chi connectivity index (χ1) is 23.0. The van der Waals surface area contributed by atoms with E-state index >= 15 is 4.39 Å². The number of benzene rings is 1. The Hall–Kier alpha value is -2.64. The number of sulfonamides is 1. The molecule has 3 saturated heterocycles. The van der Waals surface area contributed by atoms with Gasteiger partial charge in [-0.15, -0.1) is 0 Å². The number of nitrogens with zero attached hydrogens (tertiary/aromatic N) is 3. The van der Waals surface area contributed by atoms with Crippen LogP contribution in [0.3, 0.4) is 0 Å². The van der Waals surface area contributed by atoms with Gasteiger partial charge < -0.3 is 20.1 Å². The molecule has 2 bridgehead atoms. The molecular weight excluding hydrogens is 671 g/mol. The van der Waals surface area contributed by atoms with Crippen molar-refractivity contribution in [3.8, 4) is 0 Å². The van der Waals surface area contributed by atoms with Gasteiger partial charge in [0.25, 0.3) is 0 Å². The average molecular weight is 721 g/mol. The van der Waals surface area contributed by atoms with Crippen molar-refractivity contribution < 1.29 is 31.9 Å². The SMILES string of the molecule is C[C@@H]1CC([C@H](c2ccc(Cl)cc2)[C@H](N)C(=O)Cc2cncc(F)c2CC[C@H]2CN(C(=O)OC(C)(C)C)[C@@H]3CCCS(=O)(=O)N2C3)C[C@H](C)O1. The van der Waals surface area contributed by atoms with Crippen molar-refractivity contribution in [2.45, 2.75) is 121 Å². The van der Waals surface area contributed by atoms with E-state index in [0.29, 0.717) is 29.0 Å². The van der Waals surface area contributed by atoms with Crippen LogP contribution in [-0.2, 0) is 37.1 Å². The first-order valence-electron chi connectivity index (χ1n) is 17.3. The van der Waals surface area contributed by atoms with Crippen molar-refractivity contribution in [2.75, 3.05) is 18.8 Å². The number of ether oxygens (including phenoxy) is 2. The molecule has 1 aromatic carbocycles. The minimum Gasteiger partial charge on any atom is -0.444 e. The topological polar surface area (TPSA) is 132 Å². The van der Waals surface area contributed by atoms with Crippen LogP contribution in [0, 0.1) is 11.7 Å². The molecule has 3 aliphatic heterocycles. The molecule has 3 fully saturated rings. The zero-order chi connectivity index (χ0) is 35.7. The fourth-order valence-electron chi connectivity index (χ4n) is 7.87. The fraction of sp³-hybridized carbons (Fsp3) is 0.639. The van der Waals surface area contributed by atoms with Crippen LogP contribution in [0.25, 0.3) is 0 Å². The maximum absolute atomic E-state index is 15.5. The molecule has 0 spiro atoms. The molecule has 2 aromatic rings. The van der Waals surface area contributed by atoms with Gasteiger partial charge in [0.05, 0.1) is 30.2 Å². The van der Waals surface area contributed by atoms with Crippen LogP contribution in [0.15, 0.2) is 36.7 Å². The van der Waals surface area contributed by atoms with E-state index in [1.54, 1.807) is 37.8 Å². The van der Waals surface area contributed by atoms with E-state index in [1.165, 1.54) is 10.5 Å². The zero-order valence-corrected chi connectivity index (χ0v) is 30.7. The number of pyridine rings is 1. The highest BCUT2D eigenvalue weighted by molar-refractivity contribution is 7.89. The van der Waals surface area contributed by atoms with E-state index in [-0.39, 0.29) is 74.0 Å². The summed E-state index contributed by atoms with van der Waals surface area (Å²) in [6, 6.07) is 5.65. The summed E-state index contributed by atoms with van der Waals surface area (Å²) in [5.74, 6) is -1.04. The van der Waals surface area contributed by atoms with Gasteiger partial charge in [0, 0.05) is 48.7 Å². The third kappa shape index (κ3) is 9.18. The molecule has 0 aliphatic carbocycles. The molecule has 5 rings (SSSR count). The fourth-order valence-corrected chi connectivity index (χ4v) is 9.78. The van der Waals surface area contributed by atoms with Crippen LogP contribution >= 0.6 is 11.6 Å². The Kier molecular flexibility index (Phi) is 11.8. The van der Waals surface area contributed by atoms with Gasteiger partial charge in [0.1, 0.15) is 11.4 Å². The van der Waals surface area contributed by atoms with Crippen LogP contribution in [0.1, 0.15) is 89.3 Å². The Morgan fingerprint density at radius 1 is 1.12 bits per heavy atom. The quantitative estimate of drug-likeness (QED) is 0.352. The molecule has 1 aromatic heterocycles. The van der Waals surface area contributed by atoms with Gasteiger partial charge in [-0.1, -0.05) is 23.7 Å². The highest BCUT2D eigenvalue weighted by Crippen LogP contribution is 2.39. The maximum atomic E-state index is 15.5. The summed E-state index contributed by atoms with van der Waals surface area (Å²) in [6.45, 7) is 9.72. The lowest BCUT2D eigenvalue weighted by Crippen LogP contribution is -2.60. The molecule has 4 heterocycles. The molecule has 1 amide bonds. The summed E-state index contributed by atoms with van der Waals surface area (Å²) in [6.07, 6.45) is 4.87. The Bertz CT molecular complexity index is 1590. The van der Waals surface area contributed by atoms with Gasteiger partial charge >= 0.3 is 6.09 Å². The lowest BCUT2D eigenvalue weighted by molar-refractivity contribution is -0.121. The molecule has 8 atom stereocenters. The maximum Gasteiger partial charge on any atom is 0.410 e. The van der Waals surface area contributed by atoms with Crippen LogP contribution in [0.5, 0.6) is 0 Å². The zero-order valence-electron chi connectivity index (χ0n) is 29.1. The van der Waals surface area contributed by atoms with Crippen molar-refractivity contribution in [2.24, 2.45) is 11.7 Å². The predicted octanol–water partition coefficient (Wildman–Crippen LogP) is 5.65. The van der Waals surface area contributed by atoms with E-state index in [0.717, 1.165) is 24.6 Å². The van der Waals surface area contributed by atoms with E-state index in [1.807, 2.05) is 26.0 Å². The summed E-state index contributed by atoms with van der Waals surface area (Å²) in [5, 5.41) is 0.585. The highest BCUT2D eigenvalue weighted by Gasteiger charge is 2.44. The van der Waals surface area contributed by atoms with Crippen molar-refractivity contribution in [3.05, 3.63) is 64.2 Å². The number of amides is 1. The number of rotatable bonds is 9. The first-order valence-corrected chi connectivity index (χ1v) is 19.3. The second-order valence-electron chi connectivity index (χ2n) is 15.0. The van der Waals surface area contributed by atoms with Gasteiger partial charge in [0.15, 0.2) is 5.78 Å².